The molecule has 0 fully saturated rings. The van der Waals surface area contributed by atoms with E-state index in [1.54, 1.807) is 0 Å². The van der Waals surface area contributed by atoms with Gasteiger partial charge in [0.05, 0.1) is 6.54 Å². The molecule has 1 rings (SSSR count). The lowest BCUT2D eigenvalue weighted by Crippen LogP contribution is -2.38. The van der Waals surface area contributed by atoms with Gasteiger partial charge in [0, 0.05) is 19.0 Å². The monoisotopic (exact) mass is 335 g/mol. The van der Waals surface area contributed by atoms with Crippen LogP contribution in [0.2, 0.25) is 0 Å². The highest BCUT2D eigenvalue weighted by atomic mass is 19.4. The number of amides is 2. The molecule has 2 amide bonds. The molecule has 0 aromatic carbocycles. The van der Waals surface area contributed by atoms with Crippen molar-refractivity contribution in [2.45, 2.75) is 19.0 Å². The number of hydrogen-bond donors (Lipinski definition) is 3. The van der Waals surface area contributed by atoms with E-state index in [4.69, 9.17) is 9.84 Å². The first-order valence-electron chi connectivity index (χ1n) is 6.69. The summed E-state index contributed by atoms with van der Waals surface area (Å²) in [7, 11) is 0. The average Bonchev–Trinajstić information content (AvgIpc) is 2.47. The summed E-state index contributed by atoms with van der Waals surface area (Å²) >= 11 is 0. The molecule has 0 radical (unpaired) electrons. The SMILES string of the molecule is O=C(O)CCCNC(=O)NCCOc1cccc(C(F)(F)F)n1. The molecule has 0 unspecified atom stereocenters. The molecule has 0 aliphatic heterocycles. The van der Waals surface area contributed by atoms with Gasteiger partial charge in [0.1, 0.15) is 12.3 Å². The van der Waals surface area contributed by atoms with E-state index in [1.165, 1.54) is 12.1 Å². The topological polar surface area (TPSA) is 101 Å². The molecule has 1 aromatic heterocycles. The number of urea groups is 1. The molecule has 3 N–H and O–H groups in total. The van der Waals surface area contributed by atoms with Gasteiger partial charge in [0.2, 0.25) is 5.88 Å². The summed E-state index contributed by atoms with van der Waals surface area (Å²) in [6, 6.07) is 2.76. The van der Waals surface area contributed by atoms with Crippen LogP contribution < -0.4 is 15.4 Å². The van der Waals surface area contributed by atoms with Gasteiger partial charge in [-0.1, -0.05) is 6.07 Å². The third kappa shape index (κ3) is 7.88. The Morgan fingerprint density at radius 3 is 2.57 bits per heavy atom. The standard InChI is InChI=1S/C13H16F3N3O4/c14-13(15,16)9-3-1-4-10(19-9)23-8-7-18-12(22)17-6-2-5-11(20)21/h1,3-4H,2,5-8H2,(H,20,21)(H2,17,18,22). The second kappa shape index (κ2) is 8.81. The Bertz CT molecular complexity index is 537. The minimum Gasteiger partial charge on any atom is -0.481 e. The number of aliphatic carboxylic acids is 1. The molecule has 23 heavy (non-hydrogen) atoms. The van der Waals surface area contributed by atoms with Crippen LogP contribution >= 0.6 is 0 Å². The Balaban J connectivity index is 2.22. The van der Waals surface area contributed by atoms with Crippen molar-refractivity contribution in [2.24, 2.45) is 0 Å². The van der Waals surface area contributed by atoms with Crippen molar-refractivity contribution in [2.75, 3.05) is 19.7 Å². The van der Waals surface area contributed by atoms with Crippen molar-refractivity contribution in [3.8, 4) is 5.88 Å². The number of alkyl halides is 3. The number of nitrogens with one attached hydrogen (secondary N) is 2. The summed E-state index contributed by atoms with van der Waals surface area (Å²) in [4.78, 5) is 24.9. The molecule has 7 nitrogen and oxygen atoms in total. The summed E-state index contributed by atoms with van der Waals surface area (Å²) < 4.78 is 42.3. The molecule has 0 saturated heterocycles. The number of nitrogens with zero attached hydrogens (tertiary/aromatic N) is 1. The molecule has 10 heteroatoms. The van der Waals surface area contributed by atoms with Gasteiger partial charge in [-0.2, -0.15) is 13.2 Å². The van der Waals surface area contributed by atoms with E-state index >= 15 is 0 Å². The molecule has 1 aromatic rings. The van der Waals surface area contributed by atoms with E-state index in [0.717, 1.165) is 6.07 Å². The fourth-order valence-corrected chi connectivity index (χ4v) is 1.48. The normalized spacial score (nSPS) is 10.9. The maximum atomic E-state index is 12.4. The number of pyridine rings is 1. The summed E-state index contributed by atoms with van der Waals surface area (Å²) in [6.45, 7) is 0.202. The maximum Gasteiger partial charge on any atom is 0.433 e. The van der Waals surface area contributed by atoms with E-state index < -0.39 is 23.9 Å². The zero-order chi connectivity index (χ0) is 17.3. The van der Waals surface area contributed by atoms with E-state index in [9.17, 15) is 22.8 Å². The van der Waals surface area contributed by atoms with Gasteiger partial charge in [-0.3, -0.25) is 4.79 Å². The number of halogens is 3. The number of aromatic nitrogens is 1. The van der Waals surface area contributed by atoms with E-state index in [0.29, 0.717) is 6.42 Å². The number of hydrogen-bond acceptors (Lipinski definition) is 4. The highest BCUT2D eigenvalue weighted by Crippen LogP contribution is 2.28. The van der Waals surface area contributed by atoms with Gasteiger partial charge in [0.25, 0.3) is 0 Å². The zero-order valence-electron chi connectivity index (χ0n) is 12.0. The molecule has 0 spiro atoms. The summed E-state index contributed by atoms with van der Waals surface area (Å²) in [5, 5.41) is 13.3. The van der Waals surface area contributed by atoms with Crippen LogP contribution in [0.4, 0.5) is 18.0 Å². The zero-order valence-corrected chi connectivity index (χ0v) is 12.0. The highest BCUT2D eigenvalue weighted by Gasteiger charge is 2.32. The van der Waals surface area contributed by atoms with Gasteiger partial charge in [-0.15, -0.1) is 0 Å². The van der Waals surface area contributed by atoms with Gasteiger partial charge < -0.3 is 20.5 Å². The molecule has 0 bridgehead atoms. The fraction of sp³-hybridized carbons (Fsp3) is 0.462. The number of carbonyl (C=O) groups excluding carboxylic acids is 1. The van der Waals surface area contributed by atoms with Gasteiger partial charge >= 0.3 is 18.2 Å². The lowest BCUT2D eigenvalue weighted by Gasteiger charge is -2.10. The van der Waals surface area contributed by atoms with Crippen LogP contribution in [-0.4, -0.2) is 41.8 Å². The Hall–Kier alpha value is -2.52. The number of carboxylic acids is 1. The number of ether oxygens (including phenoxy) is 1. The van der Waals surface area contributed by atoms with Crippen molar-refractivity contribution in [1.82, 2.24) is 15.6 Å². The Morgan fingerprint density at radius 1 is 1.22 bits per heavy atom. The highest BCUT2D eigenvalue weighted by molar-refractivity contribution is 5.73. The molecule has 0 atom stereocenters. The first-order chi connectivity index (χ1) is 10.8. The van der Waals surface area contributed by atoms with Gasteiger partial charge in [0.15, 0.2) is 0 Å². The van der Waals surface area contributed by atoms with Crippen LogP contribution in [0.1, 0.15) is 18.5 Å². The molecular formula is C13H16F3N3O4. The molecular weight excluding hydrogens is 319 g/mol. The lowest BCUT2D eigenvalue weighted by molar-refractivity contribution is -0.141. The summed E-state index contributed by atoms with van der Waals surface area (Å²) in [6.07, 6.45) is -4.30. The van der Waals surface area contributed by atoms with E-state index in [-0.39, 0.29) is 32.0 Å². The van der Waals surface area contributed by atoms with Crippen molar-refractivity contribution < 1.29 is 32.6 Å². The minimum atomic E-state index is -4.55. The Kier molecular flexibility index (Phi) is 7.10. The lowest BCUT2D eigenvalue weighted by atomic mass is 10.3. The van der Waals surface area contributed by atoms with Crippen molar-refractivity contribution in [1.29, 1.82) is 0 Å². The van der Waals surface area contributed by atoms with Crippen LogP contribution in [0.15, 0.2) is 18.2 Å². The summed E-state index contributed by atoms with van der Waals surface area (Å²) in [5.41, 5.74) is -1.06. The number of rotatable bonds is 8. The Labute approximate surface area is 129 Å². The second-order valence-electron chi connectivity index (χ2n) is 4.39. The first kappa shape index (κ1) is 18.5. The third-order valence-electron chi connectivity index (χ3n) is 2.50. The predicted molar refractivity (Wildman–Crippen MR) is 73.0 cm³/mol. The minimum absolute atomic E-state index is 0.0510. The van der Waals surface area contributed by atoms with Crippen LogP contribution in [0.25, 0.3) is 0 Å². The molecule has 0 aliphatic rings. The van der Waals surface area contributed by atoms with Crippen LogP contribution in [0, 0.1) is 0 Å². The van der Waals surface area contributed by atoms with Crippen molar-refractivity contribution in [3.05, 3.63) is 23.9 Å². The quantitative estimate of drug-likeness (QED) is 0.627. The van der Waals surface area contributed by atoms with Gasteiger partial charge in [-0.25, -0.2) is 9.78 Å². The van der Waals surface area contributed by atoms with E-state index in [2.05, 4.69) is 15.6 Å². The average molecular weight is 335 g/mol. The number of carboxylic acid groups (broad SMARTS) is 1. The number of carbonyl (C=O) groups is 2. The van der Waals surface area contributed by atoms with Crippen molar-refractivity contribution in [3.63, 3.8) is 0 Å². The first-order valence-corrected chi connectivity index (χ1v) is 6.69. The predicted octanol–water partition coefficient (Wildman–Crippen LogP) is 1.64. The summed E-state index contributed by atoms with van der Waals surface area (Å²) in [5.74, 6) is -1.14. The molecule has 0 saturated carbocycles. The third-order valence-corrected chi connectivity index (χ3v) is 2.50. The molecule has 0 aliphatic carbocycles. The Morgan fingerprint density at radius 2 is 1.91 bits per heavy atom. The van der Waals surface area contributed by atoms with E-state index in [1.807, 2.05) is 0 Å². The van der Waals surface area contributed by atoms with Gasteiger partial charge in [-0.05, 0) is 12.5 Å². The molecule has 128 valence electrons. The smallest absolute Gasteiger partial charge is 0.433 e. The fourth-order valence-electron chi connectivity index (χ4n) is 1.48. The molecule has 1 heterocycles. The largest absolute Gasteiger partial charge is 0.481 e. The maximum absolute atomic E-state index is 12.4. The van der Waals surface area contributed by atoms with Crippen LogP contribution in [0.3, 0.4) is 0 Å². The van der Waals surface area contributed by atoms with Crippen molar-refractivity contribution >= 4 is 12.0 Å². The van der Waals surface area contributed by atoms with Crippen LogP contribution in [-0.2, 0) is 11.0 Å². The van der Waals surface area contributed by atoms with Crippen LogP contribution in [0.5, 0.6) is 5.88 Å². The second-order valence-corrected chi connectivity index (χ2v) is 4.39.